The fraction of sp³-hybridized carbons (Fsp3) is 0.100. The highest BCUT2D eigenvalue weighted by molar-refractivity contribution is 6.39. The Morgan fingerprint density at radius 1 is 1.27 bits per heavy atom. The monoisotopic (exact) mass is 242 g/mol. The summed E-state index contributed by atoms with van der Waals surface area (Å²) < 4.78 is 0. The molecule has 0 saturated heterocycles. The van der Waals surface area contributed by atoms with Crippen molar-refractivity contribution in [1.82, 2.24) is 5.43 Å². The van der Waals surface area contributed by atoms with Crippen LogP contribution in [-0.2, 0) is 4.79 Å². The van der Waals surface area contributed by atoms with Gasteiger partial charge in [-0.15, -0.1) is 0 Å². The van der Waals surface area contributed by atoms with Crippen molar-refractivity contribution in [3.8, 4) is 0 Å². The van der Waals surface area contributed by atoms with Crippen LogP contribution >= 0.6 is 23.2 Å². The van der Waals surface area contributed by atoms with E-state index < -0.39 is 0 Å². The number of carbonyl (C=O) groups is 1. The van der Waals surface area contributed by atoms with E-state index in [4.69, 9.17) is 23.2 Å². The maximum Gasteiger partial charge on any atom is 0.262 e. The normalized spacial score (nSPS) is 15.3. The number of benzene rings is 1. The highest BCUT2D eigenvalue weighted by Crippen LogP contribution is 2.32. The van der Waals surface area contributed by atoms with Crippen molar-refractivity contribution in [2.45, 2.75) is 0 Å². The lowest BCUT2D eigenvalue weighted by Crippen LogP contribution is -2.44. The van der Waals surface area contributed by atoms with E-state index in [1.165, 1.54) is 6.08 Å². The number of halogens is 2. The van der Waals surface area contributed by atoms with Crippen LogP contribution in [0, 0.1) is 0 Å². The number of hydrogen-bond donors (Lipinski definition) is 1. The molecular weight excluding hydrogens is 235 g/mol. The van der Waals surface area contributed by atoms with E-state index in [1.54, 1.807) is 29.3 Å². The van der Waals surface area contributed by atoms with Crippen molar-refractivity contribution < 1.29 is 4.79 Å². The zero-order valence-corrected chi connectivity index (χ0v) is 9.22. The van der Waals surface area contributed by atoms with E-state index in [-0.39, 0.29) is 5.91 Å². The Balaban J connectivity index is 2.37. The Hall–Kier alpha value is -1.19. The molecule has 1 aliphatic rings. The van der Waals surface area contributed by atoms with Crippen molar-refractivity contribution in [2.75, 3.05) is 11.6 Å². The fourth-order valence-corrected chi connectivity index (χ4v) is 1.98. The molecule has 78 valence electrons. The summed E-state index contributed by atoms with van der Waals surface area (Å²) in [7, 11) is 0. The molecule has 1 aliphatic heterocycles. The van der Waals surface area contributed by atoms with Crippen molar-refractivity contribution in [3.63, 3.8) is 0 Å². The number of nitrogens with zero attached hydrogens (tertiary/aromatic N) is 1. The molecule has 1 aromatic carbocycles. The van der Waals surface area contributed by atoms with Crippen LogP contribution in [-0.4, -0.2) is 12.5 Å². The first-order valence-electron chi connectivity index (χ1n) is 4.37. The predicted molar refractivity (Wildman–Crippen MR) is 61.1 cm³/mol. The first kappa shape index (κ1) is 10.3. The second-order valence-electron chi connectivity index (χ2n) is 3.06. The van der Waals surface area contributed by atoms with Crippen molar-refractivity contribution in [1.29, 1.82) is 0 Å². The highest BCUT2D eigenvalue weighted by Gasteiger charge is 2.16. The van der Waals surface area contributed by atoms with Gasteiger partial charge < -0.3 is 0 Å². The van der Waals surface area contributed by atoms with E-state index in [0.717, 1.165) is 0 Å². The highest BCUT2D eigenvalue weighted by atomic mass is 35.5. The molecule has 0 aromatic heterocycles. The Morgan fingerprint density at radius 2 is 1.93 bits per heavy atom. The maximum atomic E-state index is 11.1. The van der Waals surface area contributed by atoms with E-state index >= 15 is 0 Å². The van der Waals surface area contributed by atoms with Gasteiger partial charge in [-0.1, -0.05) is 35.3 Å². The number of amides is 1. The van der Waals surface area contributed by atoms with Gasteiger partial charge in [-0.25, -0.2) is 0 Å². The molecule has 0 atom stereocenters. The third kappa shape index (κ3) is 2.08. The molecule has 15 heavy (non-hydrogen) atoms. The summed E-state index contributed by atoms with van der Waals surface area (Å²) in [6.07, 6.45) is 3.22. The van der Waals surface area contributed by atoms with Gasteiger partial charge >= 0.3 is 0 Å². The van der Waals surface area contributed by atoms with Crippen LogP contribution in [0.25, 0.3) is 0 Å². The van der Waals surface area contributed by atoms with Crippen molar-refractivity contribution in [2.24, 2.45) is 0 Å². The molecule has 0 bridgehead atoms. The maximum absolute atomic E-state index is 11.1. The molecule has 0 fully saturated rings. The Bertz CT molecular complexity index is 411. The van der Waals surface area contributed by atoms with Gasteiger partial charge in [0, 0.05) is 6.08 Å². The molecule has 0 aliphatic carbocycles. The minimum absolute atomic E-state index is 0.183. The number of hydrogen-bond acceptors (Lipinski definition) is 2. The van der Waals surface area contributed by atoms with E-state index in [2.05, 4.69) is 5.43 Å². The molecule has 1 aromatic rings. The first-order chi connectivity index (χ1) is 7.18. The van der Waals surface area contributed by atoms with Gasteiger partial charge in [0.25, 0.3) is 5.91 Å². The fourth-order valence-electron chi connectivity index (χ4n) is 1.38. The lowest BCUT2D eigenvalue weighted by molar-refractivity contribution is -0.116. The Labute approximate surface area is 97.2 Å². The number of para-hydroxylation sites is 1. The molecule has 1 N–H and O–H groups in total. The van der Waals surface area contributed by atoms with E-state index in [0.29, 0.717) is 22.3 Å². The summed E-state index contributed by atoms with van der Waals surface area (Å²) in [6.45, 7) is 0.551. The van der Waals surface area contributed by atoms with E-state index in [9.17, 15) is 4.79 Å². The average Bonchev–Trinajstić information content (AvgIpc) is 2.17. The number of anilines is 1. The lowest BCUT2D eigenvalue weighted by Gasteiger charge is -2.27. The molecular formula is C10H8Cl2N2O. The number of nitrogens with one attached hydrogen (secondary N) is 1. The van der Waals surface area contributed by atoms with Crippen LogP contribution in [0.3, 0.4) is 0 Å². The number of carbonyl (C=O) groups excluding carboxylic acids is 1. The third-order valence-electron chi connectivity index (χ3n) is 2.01. The molecule has 2 rings (SSSR count). The number of hydrazine groups is 1. The average molecular weight is 243 g/mol. The second kappa shape index (κ2) is 4.13. The molecule has 5 heteroatoms. The van der Waals surface area contributed by atoms with Gasteiger partial charge in [-0.2, -0.15) is 0 Å². The van der Waals surface area contributed by atoms with Gasteiger partial charge in [-0.3, -0.25) is 15.2 Å². The van der Waals surface area contributed by atoms with Crippen LogP contribution in [0.1, 0.15) is 0 Å². The Morgan fingerprint density at radius 3 is 2.53 bits per heavy atom. The van der Waals surface area contributed by atoms with Gasteiger partial charge in [0.05, 0.1) is 22.3 Å². The molecule has 0 spiro atoms. The minimum Gasteiger partial charge on any atom is -0.278 e. The van der Waals surface area contributed by atoms with Crippen LogP contribution in [0.4, 0.5) is 5.69 Å². The van der Waals surface area contributed by atoms with Gasteiger partial charge in [0.2, 0.25) is 0 Å². The zero-order valence-electron chi connectivity index (χ0n) is 7.71. The first-order valence-corrected chi connectivity index (χ1v) is 5.13. The zero-order chi connectivity index (χ0) is 10.8. The predicted octanol–water partition coefficient (Wildman–Crippen LogP) is 2.40. The lowest BCUT2D eigenvalue weighted by atomic mass is 10.3. The number of rotatable bonds is 1. The van der Waals surface area contributed by atoms with Crippen molar-refractivity contribution in [3.05, 3.63) is 40.4 Å². The summed E-state index contributed by atoms with van der Waals surface area (Å²) in [5, 5.41) is 2.64. The minimum atomic E-state index is -0.183. The summed E-state index contributed by atoms with van der Waals surface area (Å²) in [5.41, 5.74) is 3.28. The van der Waals surface area contributed by atoms with Crippen LogP contribution < -0.4 is 10.4 Å². The summed E-state index contributed by atoms with van der Waals surface area (Å²) in [5.74, 6) is -0.183. The topological polar surface area (TPSA) is 32.3 Å². The summed E-state index contributed by atoms with van der Waals surface area (Å²) in [4.78, 5) is 11.1. The summed E-state index contributed by atoms with van der Waals surface area (Å²) in [6, 6.07) is 5.22. The standard InChI is InChI=1S/C10H8Cl2N2O/c11-7-3-1-4-8(12)10(7)14-6-2-5-9(15)13-14/h1-5H,6H2,(H,13,15). The molecule has 0 saturated carbocycles. The second-order valence-corrected chi connectivity index (χ2v) is 3.87. The molecule has 0 radical (unpaired) electrons. The smallest absolute Gasteiger partial charge is 0.262 e. The van der Waals surface area contributed by atoms with E-state index in [1.807, 2.05) is 0 Å². The quantitative estimate of drug-likeness (QED) is 0.821. The SMILES string of the molecule is O=C1C=CCN(c2c(Cl)cccc2Cl)N1. The van der Waals surface area contributed by atoms with Gasteiger partial charge in [0.1, 0.15) is 0 Å². The third-order valence-corrected chi connectivity index (χ3v) is 2.62. The van der Waals surface area contributed by atoms with Gasteiger partial charge in [-0.05, 0) is 12.1 Å². The molecule has 0 unspecified atom stereocenters. The van der Waals surface area contributed by atoms with Crippen LogP contribution in [0.5, 0.6) is 0 Å². The molecule has 3 nitrogen and oxygen atoms in total. The van der Waals surface area contributed by atoms with Crippen LogP contribution in [0.2, 0.25) is 10.0 Å². The molecule has 1 heterocycles. The van der Waals surface area contributed by atoms with Crippen LogP contribution in [0.15, 0.2) is 30.4 Å². The van der Waals surface area contributed by atoms with Crippen molar-refractivity contribution >= 4 is 34.8 Å². The Kier molecular flexibility index (Phi) is 2.84. The largest absolute Gasteiger partial charge is 0.278 e. The van der Waals surface area contributed by atoms with Gasteiger partial charge in [0.15, 0.2) is 0 Å². The summed E-state index contributed by atoms with van der Waals surface area (Å²) >= 11 is 12.0. The molecule has 1 amide bonds.